The lowest BCUT2D eigenvalue weighted by Crippen LogP contribution is -2.46. The molecule has 1 aromatic carbocycles. The van der Waals surface area contributed by atoms with Crippen LogP contribution in [0.5, 0.6) is 0 Å². The third kappa shape index (κ3) is 3.98. The summed E-state index contributed by atoms with van der Waals surface area (Å²) in [4.78, 5) is 2.22. The van der Waals surface area contributed by atoms with Crippen LogP contribution in [0.1, 0.15) is 26.3 Å². The molecule has 1 atom stereocenters. The van der Waals surface area contributed by atoms with E-state index in [0.717, 1.165) is 25.7 Å². The van der Waals surface area contributed by atoms with Gasteiger partial charge in [-0.2, -0.15) is 0 Å². The molecule has 1 unspecified atom stereocenters. The molecular weight excluding hydrogens is 262 g/mol. The van der Waals surface area contributed by atoms with Gasteiger partial charge in [0.2, 0.25) is 0 Å². The van der Waals surface area contributed by atoms with E-state index in [2.05, 4.69) is 24.1 Å². The molecule has 0 spiro atoms. The first-order valence-electron chi connectivity index (χ1n) is 7.01. The van der Waals surface area contributed by atoms with Gasteiger partial charge in [0.15, 0.2) is 11.6 Å². The van der Waals surface area contributed by atoms with E-state index < -0.39 is 17.2 Å². The van der Waals surface area contributed by atoms with Crippen molar-refractivity contribution in [3.63, 3.8) is 0 Å². The molecule has 0 aliphatic carbocycles. The number of aliphatic hydroxyl groups excluding tert-OH is 1. The minimum atomic E-state index is -0.987. The molecule has 1 rings (SSSR count). The predicted molar refractivity (Wildman–Crippen MR) is 76.6 cm³/mol. The molecule has 2 N–H and O–H groups in total. The molecule has 0 aromatic heterocycles. The van der Waals surface area contributed by atoms with Crippen molar-refractivity contribution in [3.8, 4) is 0 Å². The van der Waals surface area contributed by atoms with Crippen LogP contribution in [0.15, 0.2) is 18.2 Å². The Bertz CT molecular complexity index is 424. The van der Waals surface area contributed by atoms with E-state index >= 15 is 0 Å². The van der Waals surface area contributed by atoms with E-state index in [4.69, 9.17) is 0 Å². The molecule has 0 bridgehead atoms. The molecule has 114 valence electrons. The molecule has 0 fully saturated rings. The van der Waals surface area contributed by atoms with Crippen LogP contribution < -0.4 is 5.32 Å². The number of rotatable bonds is 8. The van der Waals surface area contributed by atoms with Gasteiger partial charge >= 0.3 is 0 Å². The number of likely N-dealkylation sites (N-methyl/N-ethyl adjacent to an activating group) is 1. The molecule has 5 heteroatoms. The van der Waals surface area contributed by atoms with Crippen LogP contribution in [0.3, 0.4) is 0 Å². The molecule has 0 aliphatic heterocycles. The molecular formula is C15H24F2N2O. The Kier molecular flexibility index (Phi) is 6.52. The Hall–Kier alpha value is -1.04. The number of hydrogen-bond acceptors (Lipinski definition) is 3. The third-order valence-electron chi connectivity index (χ3n) is 3.70. The van der Waals surface area contributed by atoms with Crippen LogP contribution in [0.25, 0.3) is 0 Å². The highest BCUT2D eigenvalue weighted by molar-refractivity contribution is 5.26. The molecule has 3 nitrogen and oxygen atoms in total. The number of nitrogens with one attached hydrogen (secondary N) is 1. The van der Waals surface area contributed by atoms with Crippen LogP contribution in [0.2, 0.25) is 0 Å². The van der Waals surface area contributed by atoms with Crippen LogP contribution in [0.4, 0.5) is 8.78 Å². The molecule has 0 aliphatic rings. The van der Waals surface area contributed by atoms with E-state index in [-0.39, 0.29) is 12.2 Å². The average molecular weight is 286 g/mol. The van der Waals surface area contributed by atoms with Gasteiger partial charge in [-0.05, 0) is 26.1 Å². The van der Waals surface area contributed by atoms with Crippen molar-refractivity contribution >= 4 is 0 Å². The second-order valence-electron chi connectivity index (χ2n) is 5.05. The second kappa shape index (κ2) is 7.67. The lowest BCUT2D eigenvalue weighted by molar-refractivity contribution is 0.164. The summed E-state index contributed by atoms with van der Waals surface area (Å²) in [6.07, 6.45) is 0. The van der Waals surface area contributed by atoms with Crippen molar-refractivity contribution in [1.29, 1.82) is 0 Å². The molecule has 20 heavy (non-hydrogen) atoms. The maximum absolute atomic E-state index is 13.9. The Morgan fingerprint density at radius 1 is 1.25 bits per heavy atom. The number of nitrogens with zero attached hydrogens (tertiary/aromatic N) is 1. The quantitative estimate of drug-likeness (QED) is 0.768. The highest BCUT2D eigenvalue weighted by Crippen LogP contribution is 2.24. The molecule has 0 heterocycles. The van der Waals surface area contributed by atoms with Crippen LogP contribution in [-0.2, 0) is 5.54 Å². The van der Waals surface area contributed by atoms with E-state index in [0.29, 0.717) is 6.54 Å². The fourth-order valence-corrected chi connectivity index (χ4v) is 2.20. The normalized spacial score (nSPS) is 14.6. The number of benzene rings is 1. The van der Waals surface area contributed by atoms with Gasteiger partial charge < -0.3 is 15.3 Å². The van der Waals surface area contributed by atoms with Gasteiger partial charge in [0.1, 0.15) is 0 Å². The van der Waals surface area contributed by atoms with E-state index in [1.165, 1.54) is 12.1 Å². The van der Waals surface area contributed by atoms with Gasteiger partial charge in [0.05, 0.1) is 12.1 Å². The minimum Gasteiger partial charge on any atom is -0.394 e. The van der Waals surface area contributed by atoms with Crippen molar-refractivity contribution in [1.82, 2.24) is 10.2 Å². The van der Waals surface area contributed by atoms with E-state index in [1.54, 1.807) is 6.92 Å². The molecule has 0 saturated heterocycles. The highest BCUT2D eigenvalue weighted by atomic mass is 19.2. The lowest BCUT2D eigenvalue weighted by Gasteiger charge is -2.31. The highest BCUT2D eigenvalue weighted by Gasteiger charge is 2.29. The first kappa shape index (κ1) is 17.0. The fourth-order valence-electron chi connectivity index (χ4n) is 2.20. The molecule has 1 aromatic rings. The summed E-state index contributed by atoms with van der Waals surface area (Å²) >= 11 is 0. The first-order chi connectivity index (χ1) is 9.48. The maximum atomic E-state index is 13.9. The summed E-state index contributed by atoms with van der Waals surface area (Å²) in [6.45, 7) is 8.76. The van der Waals surface area contributed by atoms with Crippen molar-refractivity contribution in [2.75, 3.05) is 32.8 Å². The summed E-state index contributed by atoms with van der Waals surface area (Å²) in [5, 5.41) is 12.7. The van der Waals surface area contributed by atoms with Crippen molar-refractivity contribution < 1.29 is 13.9 Å². The van der Waals surface area contributed by atoms with Crippen LogP contribution in [0, 0.1) is 11.6 Å². The van der Waals surface area contributed by atoms with Crippen LogP contribution in [-0.4, -0.2) is 42.8 Å². The predicted octanol–water partition coefficient (Wildman–Crippen LogP) is 2.10. The number of hydrogen-bond donors (Lipinski definition) is 2. The van der Waals surface area contributed by atoms with Crippen molar-refractivity contribution in [2.45, 2.75) is 26.3 Å². The summed E-state index contributed by atoms with van der Waals surface area (Å²) < 4.78 is 27.2. The zero-order chi connectivity index (χ0) is 15.2. The molecule has 0 amide bonds. The topological polar surface area (TPSA) is 35.5 Å². The van der Waals surface area contributed by atoms with Gasteiger partial charge in [0.25, 0.3) is 0 Å². The summed E-state index contributed by atoms with van der Waals surface area (Å²) in [6, 6.07) is 4.03. The zero-order valence-corrected chi connectivity index (χ0v) is 12.4. The Morgan fingerprint density at radius 3 is 2.45 bits per heavy atom. The monoisotopic (exact) mass is 286 g/mol. The van der Waals surface area contributed by atoms with Crippen molar-refractivity contribution in [3.05, 3.63) is 35.4 Å². The maximum Gasteiger partial charge on any atom is 0.163 e. The van der Waals surface area contributed by atoms with E-state index in [9.17, 15) is 13.9 Å². The van der Waals surface area contributed by atoms with Gasteiger partial charge in [-0.3, -0.25) is 0 Å². The minimum absolute atomic E-state index is 0.152. The van der Waals surface area contributed by atoms with Gasteiger partial charge in [-0.1, -0.05) is 26.0 Å². The number of halogens is 2. The zero-order valence-electron chi connectivity index (χ0n) is 12.4. The third-order valence-corrected chi connectivity index (χ3v) is 3.70. The summed E-state index contributed by atoms with van der Waals surface area (Å²) in [5.74, 6) is -1.80. The van der Waals surface area contributed by atoms with Gasteiger partial charge in [-0.25, -0.2) is 8.78 Å². The van der Waals surface area contributed by atoms with Crippen molar-refractivity contribution in [2.24, 2.45) is 0 Å². The van der Waals surface area contributed by atoms with Crippen LogP contribution >= 0.6 is 0 Å². The van der Waals surface area contributed by atoms with E-state index in [1.807, 2.05) is 0 Å². The molecule has 0 radical (unpaired) electrons. The fraction of sp³-hybridized carbons (Fsp3) is 0.600. The van der Waals surface area contributed by atoms with Gasteiger partial charge in [-0.15, -0.1) is 0 Å². The summed E-state index contributed by atoms with van der Waals surface area (Å²) in [7, 11) is 0. The van der Waals surface area contributed by atoms with Gasteiger partial charge in [0, 0.05) is 18.7 Å². The first-order valence-corrected chi connectivity index (χ1v) is 7.01. The average Bonchev–Trinajstić information content (AvgIpc) is 2.46. The Morgan fingerprint density at radius 2 is 1.90 bits per heavy atom. The second-order valence-corrected chi connectivity index (χ2v) is 5.05. The Balaban J connectivity index is 2.79. The Labute approximate surface area is 119 Å². The standard InChI is InChI=1S/C15H24F2N2O/c1-4-19(5-2)10-9-18-15(3,11-20)12-7-6-8-13(16)14(12)17/h6-8,18,20H,4-5,9-11H2,1-3H3. The SMILES string of the molecule is CCN(CC)CCNC(C)(CO)c1cccc(F)c1F. The molecule has 0 saturated carbocycles. The largest absolute Gasteiger partial charge is 0.394 e. The smallest absolute Gasteiger partial charge is 0.163 e. The number of aliphatic hydroxyl groups is 1. The summed E-state index contributed by atoms with van der Waals surface area (Å²) in [5.41, 5.74) is -0.834. The lowest BCUT2D eigenvalue weighted by atomic mass is 9.92.